The van der Waals surface area contributed by atoms with Crippen LogP contribution in [0.1, 0.15) is 66.2 Å². The average Bonchev–Trinajstić information content (AvgIpc) is 2.77. The highest BCUT2D eigenvalue weighted by Gasteiger charge is 2.51. The van der Waals surface area contributed by atoms with Crippen molar-refractivity contribution in [3.05, 3.63) is 12.2 Å². The van der Waals surface area contributed by atoms with Gasteiger partial charge in [-0.25, -0.2) is 0 Å². The number of Topliss-reactive ketones (excluding diaryl/α,β-unsaturated/α-hetero) is 1. The van der Waals surface area contributed by atoms with Gasteiger partial charge in [-0.1, -0.05) is 26.0 Å². The highest BCUT2D eigenvalue weighted by atomic mass is 16.5. The van der Waals surface area contributed by atoms with Gasteiger partial charge in [0.05, 0.1) is 5.60 Å². The molecule has 0 aromatic rings. The molecule has 0 aromatic heterocycles. The van der Waals surface area contributed by atoms with Crippen molar-refractivity contribution in [2.24, 2.45) is 23.2 Å². The van der Waals surface area contributed by atoms with Crippen molar-refractivity contribution in [1.29, 1.82) is 0 Å². The predicted octanol–water partition coefficient (Wildman–Crippen LogP) is 4.78. The number of rotatable bonds is 5. The van der Waals surface area contributed by atoms with E-state index in [2.05, 4.69) is 39.8 Å². The Hall–Kier alpha value is -0.630. The van der Waals surface area contributed by atoms with Crippen LogP contribution in [0.2, 0.25) is 0 Å². The highest BCUT2D eigenvalue weighted by molar-refractivity contribution is 5.83. The Morgan fingerprint density at radius 1 is 1.43 bits per heavy atom. The molecule has 0 radical (unpaired) electrons. The molecular formula is C19H32O2. The van der Waals surface area contributed by atoms with E-state index in [1.54, 1.807) is 7.11 Å². The molecule has 0 bridgehead atoms. The fraction of sp³-hybridized carbons (Fsp3) is 0.842. The molecule has 4 atom stereocenters. The lowest BCUT2D eigenvalue weighted by Gasteiger charge is -2.41. The molecule has 0 heterocycles. The van der Waals surface area contributed by atoms with Crippen LogP contribution in [0.15, 0.2) is 12.2 Å². The minimum Gasteiger partial charge on any atom is -0.378 e. The molecule has 0 amide bonds. The smallest absolute Gasteiger partial charge is 0.136 e. The quantitative estimate of drug-likeness (QED) is 0.682. The van der Waals surface area contributed by atoms with Crippen molar-refractivity contribution in [1.82, 2.24) is 0 Å². The minimum atomic E-state index is -0.0842. The molecule has 0 spiro atoms. The Balaban J connectivity index is 2.01. The van der Waals surface area contributed by atoms with E-state index < -0.39 is 0 Å². The van der Waals surface area contributed by atoms with Crippen molar-refractivity contribution in [3.63, 3.8) is 0 Å². The zero-order valence-electron chi connectivity index (χ0n) is 14.4. The van der Waals surface area contributed by atoms with Crippen LogP contribution in [0.5, 0.6) is 0 Å². The fourth-order valence-corrected chi connectivity index (χ4v) is 4.62. The van der Waals surface area contributed by atoms with Gasteiger partial charge in [-0.3, -0.25) is 4.79 Å². The van der Waals surface area contributed by atoms with Crippen LogP contribution in [-0.4, -0.2) is 18.5 Å². The lowest BCUT2D eigenvalue weighted by Crippen LogP contribution is -2.39. The van der Waals surface area contributed by atoms with Gasteiger partial charge in [0.1, 0.15) is 5.78 Å². The molecule has 2 fully saturated rings. The predicted molar refractivity (Wildman–Crippen MR) is 87.2 cm³/mol. The molecule has 2 heteroatoms. The normalized spacial score (nSPS) is 35.2. The van der Waals surface area contributed by atoms with Crippen molar-refractivity contribution < 1.29 is 9.53 Å². The molecule has 2 saturated carbocycles. The zero-order valence-corrected chi connectivity index (χ0v) is 14.4. The average molecular weight is 292 g/mol. The Kier molecular flexibility index (Phi) is 4.97. The van der Waals surface area contributed by atoms with Crippen molar-refractivity contribution in [2.75, 3.05) is 7.11 Å². The van der Waals surface area contributed by atoms with E-state index in [4.69, 9.17) is 4.74 Å². The first kappa shape index (κ1) is 16.7. The van der Waals surface area contributed by atoms with Crippen LogP contribution < -0.4 is 0 Å². The number of hydrogen-bond acceptors (Lipinski definition) is 2. The summed E-state index contributed by atoms with van der Waals surface area (Å²) in [5.74, 6) is 2.08. The number of fused-ring (bicyclic) bond motifs is 1. The van der Waals surface area contributed by atoms with Crippen LogP contribution in [0.4, 0.5) is 0 Å². The van der Waals surface area contributed by atoms with E-state index in [9.17, 15) is 4.79 Å². The van der Waals surface area contributed by atoms with E-state index >= 15 is 0 Å². The highest BCUT2D eigenvalue weighted by Crippen LogP contribution is 2.56. The molecule has 0 N–H and O–H groups in total. The second kappa shape index (κ2) is 6.24. The molecule has 120 valence electrons. The van der Waals surface area contributed by atoms with Gasteiger partial charge in [-0.2, -0.15) is 0 Å². The lowest BCUT2D eigenvalue weighted by atomic mass is 9.62. The van der Waals surface area contributed by atoms with Gasteiger partial charge in [-0.05, 0) is 63.2 Å². The third-order valence-electron chi connectivity index (χ3n) is 6.17. The molecular weight excluding hydrogens is 260 g/mol. The van der Waals surface area contributed by atoms with Crippen LogP contribution >= 0.6 is 0 Å². The number of methoxy groups -OCH3 is 1. The largest absolute Gasteiger partial charge is 0.378 e. The summed E-state index contributed by atoms with van der Waals surface area (Å²) >= 11 is 0. The van der Waals surface area contributed by atoms with Crippen molar-refractivity contribution >= 4 is 5.78 Å². The van der Waals surface area contributed by atoms with Gasteiger partial charge in [0, 0.05) is 19.4 Å². The third kappa shape index (κ3) is 3.41. The molecule has 0 unspecified atom stereocenters. The van der Waals surface area contributed by atoms with Crippen LogP contribution in [0.3, 0.4) is 0 Å². The molecule has 21 heavy (non-hydrogen) atoms. The van der Waals surface area contributed by atoms with Gasteiger partial charge in [-0.15, -0.1) is 0 Å². The van der Waals surface area contributed by atoms with E-state index in [1.165, 1.54) is 12.8 Å². The third-order valence-corrected chi connectivity index (χ3v) is 6.17. The number of hydrogen-bond donors (Lipinski definition) is 0. The minimum absolute atomic E-state index is 0.0842. The summed E-state index contributed by atoms with van der Waals surface area (Å²) < 4.78 is 5.47. The van der Waals surface area contributed by atoms with Gasteiger partial charge in [0.25, 0.3) is 0 Å². The molecule has 2 aliphatic carbocycles. The molecule has 0 saturated heterocycles. The van der Waals surface area contributed by atoms with Gasteiger partial charge < -0.3 is 4.74 Å². The van der Waals surface area contributed by atoms with Crippen molar-refractivity contribution in [3.8, 4) is 0 Å². The Labute approximate surface area is 130 Å². The van der Waals surface area contributed by atoms with Crippen LogP contribution in [0.25, 0.3) is 0 Å². The Bertz CT molecular complexity index is 410. The summed E-state index contributed by atoms with van der Waals surface area (Å²) in [4.78, 5) is 12.2. The lowest BCUT2D eigenvalue weighted by molar-refractivity contribution is -0.129. The molecule has 2 nitrogen and oxygen atoms in total. The number of carbonyl (C=O) groups excluding carboxylic acids is 1. The summed E-state index contributed by atoms with van der Waals surface area (Å²) in [6.45, 7) is 8.94. The summed E-state index contributed by atoms with van der Waals surface area (Å²) in [5.41, 5.74) is 0.162. The zero-order chi connectivity index (χ0) is 15.7. The number of carbonyl (C=O) groups is 1. The first-order chi connectivity index (χ1) is 9.80. The summed E-state index contributed by atoms with van der Waals surface area (Å²) in [7, 11) is 1.77. The second-order valence-electron chi connectivity index (χ2n) is 8.02. The fourth-order valence-electron chi connectivity index (χ4n) is 4.62. The summed E-state index contributed by atoms with van der Waals surface area (Å²) in [5, 5.41) is 0. The number of ether oxygens (including phenoxy) is 1. The Morgan fingerprint density at radius 2 is 2.14 bits per heavy atom. The molecule has 0 aliphatic heterocycles. The maximum absolute atomic E-state index is 12.2. The van der Waals surface area contributed by atoms with Crippen LogP contribution in [0, 0.1) is 23.2 Å². The van der Waals surface area contributed by atoms with Gasteiger partial charge >= 0.3 is 0 Å². The number of allylic oxidation sites excluding steroid dienone is 1. The maximum atomic E-state index is 12.2. The number of ketones is 1. The first-order valence-corrected chi connectivity index (χ1v) is 8.55. The van der Waals surface area contributed by atoms with E-state index in [1.807, 2.05) is 0 Å². The van der Waals surface area contributed by atoms with E-state index in [0.717, 1.165) is 25.7 Å². The molecule has 0 aromatic carbocycles. The summed E-state index contributed by atoms with van der Waals surface area (Å²) in [6, 6.07) is 0. The van der Waals surface area contributed by atoms with Crippen molar-refractivity contribution in [2.45, 2.75) is 71.8 Å². The maximum Gasteiger partial charge on any atom is 0.136 e. The first-order valence-electron chi connectivity index (χ1n) is 8.55. The Morgan fingerprint density at radius 3 is 2.81 bits per heavy atom. The molecule has 2 rings (SSSR count). The van der Waals surface area contributed by atoms with Gasteiger partial charge in [0.2, 0.25) is 0 Å². The summed E-state index contributed by atoms with van der Waals surface area (Å²) in [6.07, 6.45) is 11.0. The SMILES string of the molecule is COC(C)(C)C/C=C/[C@H](C)[C@H]1CC[C@H]2C(=O)CCC[C@]12C. The monoisotopic (exact) mass is 292 g/mol. The standard InChI is InChI=1S/C19H32O2/c1-14(8-6-12-18(2,3)21-5)15-10-11-16-17(20)9-7-13-19(15,16)4/h6,8,14-16H,7,9-13H2,1-5H3/b8-6+/t14-,15+,16-,19+/m0/s1. The topological polar surface area (TPSA) is 26.3 Å². The molecule has 2 aliphatic rings. The van der Waals surface area contributed by atoms with Gasteiger partial charge in [0.15, 0.2) is 0 Å². The van der Waals surface area contributed by atoms with E-state index in [-0.39, 0.29) is 11.0 Å². The second-order valence-corrected chi connectivity index (χ2v) is 8.02. The van der Waals surface area contributed by atoms with Crippen LogP contribution in [-0.2, 0) is 9.53 Å². The van der Waals surface area contributed by atoms with E-state index in [0.29, 0.717) is 23.5 Å².